The van der Waals surface area contributed by atoms with Crippen LogP contribution in [0, 0.1) is 0 Å². The molecule has 2 fully saturated rings. The number of rotatable bonds is 4. The number of hydrogen-bond acceptors (Lipinski definition) is 6. The number of fused-ring (bicyclic) bond motifs is 1. The molecule has 29 heavy (non-hydrogen) atoms. The molecule has 9 nitrogen and oxygen atoms in total. The third kappa shape index (κ3) is 3.62. The number of hydrogen-bond donors (Lipinski definition) is 1. The summed E-state index contributed by atoms with van der Waals surface area (Å²) < 4.78 is 1.10. The predicted molar refractivity (Wildman–Crippen MR) is 107 cm³/mol. The molecule has 2 aliphatic rings. The Kier molecular flexibility index (Phi) is 5.31. The largest absolute Gasteiger partial charge is 0.368 e. The highest BCUT2D eigenvalue weighted by molar-refractivity contribution is 5.85. The van der Waals surface area contributed by atoms with E-state index in [4.69, 9.17) is 5.73 Å². The average molecular weight is 398 g/mol. The fourth-order valence-electron chi connectivity index (χ4n) is 4.52. The van der Waals surface area contributed by atoms with Crippen LogP contribution in [-0.2, 0) is 16.1 Å². The van der Waals surface area contributed by atoms with E-state index in [0.29, 0.717) is 36.8 Å². The Labute approximate surface area is 168 Å². The number of carbonyl (C=O) groups excluding carboxylic acids is 2. The van der Waals surface area contributed by atoms with Crippen molar-refractivity contribution in [2.24, 2.45) is 5.73 Å². The summed E-state index contributed by atoms with van der Waals surface area (Å²) >= 11 is 0. The van der Waals surface area contributed by atoms with Crippen LogP contribution in [0.1, 0.15) is 32.1 Å². The first-order valence-corrected chi connectivity index (χ1v) is 10.2. The normalized spacial score (nSPS) is 19.9. The van der Waals surface area contributed by atoms with Gasteiger partial charge in [0.2, 0.25) is 11.8 Å². The number of piperidine rings is 2. The molecule has 1 aromatic carbocycles. The van der Waals surface area contributed by atoms with Gasteiger partial charge >= 0.3 is 0 Å². The molecule has 2 aromatic rings. The molecular weight excluding hydrogens is 372 g/mol. The van der Waals surface area contributed by atoms with Crippen LogP contribution in [0.25, 0.3) is 10.9 Å². The first-order chi connectivity index (χ1) is 14.0. The number of nitrogens with zero attached hydrogens (tertiary/aromatic N) is 5. The Hall–Kier alpha value is -2.81. The number of amides is 2. The van der Waals surface area contributed by atoms with Crippen LogP contribution >= 0.6 is 0 Å². The summed E-state index contributed by atoms with van der Waals surface area (Å²) in [4.78, 5) is 41.6. The smallest absolute Gasteiger partial charge is 0.278 e. The van der Waals surface area contributed by atoms with Crippen LogP contribution in [0.3, 0.4) is 0 Å². The van der Waals surface area contributed by atoms with E-state index in [0.717, 1.165) is 30.6 Å². The number of carbonyl (C=O) groups is 2. The summed E-state index contributed by atoms with van der Waals surface area (Å²) in [6, 6.07) is 6.93. The number of aromatic nitrogens is 3. The minimum absolute atomic E-state index is 0.163. The molecule has 0 unspecified atom stereocenters. The van der Waals surface area contributed by atoms with Crippen LogP contribution in [0.4, 0.5) is 0 Å². The topological polar surface area (TPSA) is 114 Å². The minimum Gasteiger partial charge on any atom is -0.368 e. The number of benzene rings is 1. The third-order valence-corrected chi connectivity index (χ3v) is 6.28. The maximum atomic E-state index is 12.8. The second kappa shape index (κ2) is 7.90. The summed E-state index contributed by atoms with van der Waals surface area (Å²) in [7, 11) is 0. The van der Waals surface area contributed by atoms with Gasteiger partial charge in [0.1, 0.15) is 17.6 Å². The Morgan fingerprint density at radius 3 is 2.41 bits per heavy atom. The highest BCUT2D eigenvalue weighted by Gasteiger charge is 2.45. The Bertz CT molecular complexity index is 974. The van der Waals surface area contributed by atoms with Crippen molar-refractivity contribution in [3.8, 4) is 0 Å². The van der Waals surface area contributed by atoms with Gasteiger partial charge in [0, 0.05) is 13.1 Å². The fraction of sp³-hybridized carbons (Fsp3) is 0.550. The number of nitrogens with two attached hydrogens (primary N) is 1. The lowest BCUT2D eigenvalue weighted by Gasteiger charge is -2.48. The molecule has 1 aromatic heterocycles. The molecule has 0 spiro atoms. The molecule has 0 radical (unpaired) electrons. The molecule has 0 aliphatic carbocycles. The first kappa shape index (κ1) is 19.5. The zero-order chi connectivity index (χ0) is 20.4. The maximum Gasteiger partial charge on any atom is 0.278 e. The lowest BCUT2D eigenvalue weighted by atomic mass is 9.83. The lowest BCUT2D eigenvalue weighted by Crippen LogP contribution is -2.63. The van der Waals surface area contributed by atoms with E-state index in [1.807, 2.05) is 0 Å². The van der Waals surface area contributed by atoms with Crippen molar-refractivity contribution >= 4 is 22.7 Å². The molecule has 0 bridgehead atoms. The summed E-state index contributed by atoms with van der Waals surface area (Å²) in [6.45, 7) is 2.46. The first-order valence-electron chi connectivity index (χ1n) is 10.2. The summed E-state index contributed by atoms with van der Waals surface area (Å²) in [5, 5.41) is 8.35. The monoisotopic (exact) mass is 398 g/mol. The zero-order valence-corrected chi connectivity index (χ0v) is 16.4. The van der Waals surface area contributed by atoms with Crippen molar-refractivity contribution in [1.29, 1.82) is 0 Å². The number of primary amides is 1. The van der Waals surface area contributed by atoms with E-state index in [2.05, 4.69) is 15.2 Å². The molecule has 4 rings (SSSR count). The van der Waals surface area contributed by atoms with Crippen molar-refractivity contribution < 1.29 is 9.59 Å². The van der Waals surface area contributed by atoms with Gasteiger partial charge in [-0.05, 0) is 50.9 Å². The van der Waals surface area contributed by atoms with Gasteiger partial charge in [-0.15, -0.1) is 5.10 Å². The van der Waals surface area contributed by atoms with Crippen LogP contribution in [-0.4, -0.2) is 68.3 Å². The van der Waals surface area contributed by atoms with Gasteiger partial charge < -0.3 is 10.6 Å². The fourth-order valence-corrected chi connectivity index (χ4v) is 4.52. The van der Waals surface area contributed by atoms with Gasteiger partial charge in [0.05, 0.1) is 5.39 Å². The van der Waals surface area contributed by atoms with Gasteiger partial charge in [0.25, 0.3) is 5.56 Å². The zero-order valence-electron chi connectivity index (χ0n) is 16.4. The maximum absolute atomic E-state index is 12.8. The van der Waals surface area contributed by atoms with Crippen molar-refractivity contribution in [3.05, 3.63) is 34.6 Å². The predicted octanol–water partition coefficient (Wildman–Crippen LogP) is 0.124. The molecular formula is C20H26N6O3. The Morgan fingerprint density at radius 2 is 1.72 bits per heavy atom. The van der Waals surface area contributed by atoms with Crippen LogP contribution in [0.2, 0.25) is 0 Å². The summed E-state index contributed by atoms with van der Waals surface area (Å²) in [5.74, 6) is -0.503. The van der Waals surface area contributed by atoms with Crippen LogP contribution in [0.5, 0.6) is 0 Å². The molecule has 154 valence electrons. The van der Waals surface area contributed by atoms with Gasteiger partial charge in [-0.2, -0.15) is 0 Å². The molecule has 0 saturated carbocycles. The SMILES string of the molecule is NC(=O)C1(N2CCCCC2)CCN(C(=O)Cn2nnc3ccccc3c2=O)CC1. The van der Waals surface area contributed by atoms with Gasteiger partial charge in [-0.1, -0.05) is 23.8 Å². The molecule has 9 heteroatoms. The third-order valence-electron chi connectivity index (χ3n) is 6.28. The van der Waals surface area contributed by atoms with Gasteiger partial charge in [-0.3, -0.25) is 19.3 Å². The van der Waals surface area contributed by atoms with E-state index in [1.54, 1.807) is 29.2 Å². The van der Waals surface area contributed by atoms with Gasteiger partial charge in [-0.25, -0.2) is 4.68 Å². The van der Waals surface area contributed by atoms with Gasteiger partial charge in [0.15, 0.2) is 0 Å². The average Bonchev–Trinajstić information content (AvgIpc) is 2.76. The van der Waals surface area contributed by atoms with Crippen molar-refractivity contribution in [1.82, 2.24) is 24.8 Å². The van der Waals surface area contributed by atoms with E-state index in [1.165, 1.54) is 6.42 Å². The molecule has 2 N–H and O–H groups in total. The second-order valence-corrected chi connectivity index (χ2v) is 7.89. The summed E-state index contributed by atoms with van der Waals surface area (Å²) in [5.41, 5.74) is 5.31. The lowest BCUT2D eigenvalue weighted by molar-refractivity contribution is -0.142. The quantitative estimate of drug-likeness (QED) is 0.783. The highest BCUT2D eigenvalue weighted by Crippen LogP contribution is 2.31. The van der Waals surface area contributed by atoms with Crippen molar-refractivity contribution in [3.63, 3.8) is 0 Å². The standard InChI is InChI=1S/C20H26N6O3/c21-19(29)20(25-10-4-1-5-11-25)8-12-24(13-9-20)17(27)14-26-18(28)15-6-2-3-7-16(15)22-23-26/h2-3,6-7H,1,4-5,8-14H2,(H2,21,29). The Morgan fingerprint density at radius 1 is 1.03 bits per heavy atom. The van der Waals surface area contributed by atoms with Crippen molar-refractivity contribution in [2.75, 3.05) is 26.2 Å². The van der Waals surface area contributed by atoms with E-state index < -0.39 is 5.54 Å². The molecule has 2 saturated heterocycles. The minimum atomic E-state index is -0.670. The Balaban J connectivity index is 1.46. The molecule has 3 heterocycles. The van der Waals surface area contributed by atoms with E-state index >= 15 is 0 Å². The molecule has 0 atom stereocenters. The highest BCUT2D eigenvalue weighted by atomic mass is 16.2. The molecule has 2 amide bonds. The van der Waals surface area contributed by atoms with E-state index in [9.17, 15) is 14.4 Å². The summed E-state index contributed by atoms with van der Waals surface area (Å²) in [6.07, 6.45) is 4.36. The second-order valence-electron chi connectivity index (χ2n) is 7.89. The van der Waals surface area contributed by atoms with Crippen LogP contribution < -0.4 is 11.3 Å². The number of likely N-dealkylation sites (tertiary alicyclic amines) is 2. The molecule has 2 aliphatic heterocycles. The van der Waals surface area contributed by atoms with E-state index in [-0.39, 0.29) is 23.9 Å². The van der Waals surface area contributed by atoms with Crippen molar-refractivity contribution in [2.45, 2.75) is 44.2 Å². The van der Waals surface area contributed by atoms with Crippen LogP contribution in [0.15, 0.2) is 29.1 Å².